The van der Waals surface area contributed by atoms with Crippen molar-refractivity contribution < 1.29 is 14.3 Å². The van der Waals surface area contributed by atoms with E-state index in [1.54, 1.807) is 13.8 Å². The Kier molecular flexibility index (Phi) is 7.28. The van der Waals surface area contributed by atoms with Crippen LogP contribution in [0.5, 0.6) is 0 Å². The van der Waals surface area contributed by atoms with E-state index in [2.05, 4.69) is 20.8 Å². The lowest BCUT2D eigenvalue weighted by atomic mass is 10.1. The molecule has 0 fully saturated rings. The quantitative estimate of drug-likeness (QED) is 0.415. The summed E-state index contributed by atoms with van der Waals surface area (Å²) < 4.78 is 4.86. The van der Waals surface area contributed by atoms with Gasteiger partial charge in [0.05, 0.1) is 12.3 Å². The number of carbonyl (C=O) groups excluding carboxylic acids is 2. The van der Waals surface area contributed by atoms with Crippen LogP contribution in [0.15, 0.2) is 34.7 Å². The van der Waals surface area contributed by atoms with Gasteiger partial charge in [0.25, 0.3) is 0 Å². The predicted molar refractivity (Wildman–Crippen MR) is 104 cm³/mol. The molecular formula is C18H22N4O3S. The molecule has 8 heteroatoms. The van der Waals surface area contributed by atoms with Gasteiger partial charge in [0.15, 0.2) is 0 Å². The van der Waals surface area contributed by atoms with Crippen molar-refractivity contribution in [3.05, 3.63) is 29.6 Å². The molecule has 0 bridgehead atoms. The van der Waals surface area contributed by atoms with Gasteiger partial charge in [0, 0.05) is 23.1 Å². The highest BCUT2D eigenvalue weighted by Gasteiger charge is 2.08. The van der Waals surface area contributed by atoms with Gasteiger partial charge in [-0.2, -0.15) is 5.10 Å². The summed E-state index contributed by atoms with van der Waals surface area (Å²) in [5.74, 6) is -0.451. The summed E-state index contributed by atoms with van der Waals surface area (Å²) in [6, 6.07) is 7.48. The average Bonchev–Trinajstić information content (AvgIpc) is 3.09. The molecule has 0 unspecified atom stereocenters. The Morgan fingerprint density at radius 2 is 1.96 bits per heavy atom. The van der Waals surface area contributed by atoms with Gasteiger partial charge in [-0.3, -0.25) is 10.2 Å². The number of hydrogen-bond acceptors (Lipinski definition) is 7. The summed E-state index contributed by atoms with van der Waals surface area (Å²) in [5.41, 5.74) is 5.46. The summed E-state index contributed by atoms with van der Waals surface area (Å²) in [6.07, 6.45) is 1.32. The summed E-state index contributed by atoms with van der Waals surface area (Å²) in [7, 11) is 0. The van der Waals surface area contributed by atoms with Crippen LogP contribution in [-0.4, -0.2) is 29.2 Å². The number of thiazole rings is 1. The molecule has 1 amide bonds. The Bertz CT molecular complexity index is 784. The molecular weight excluding hydrogens is 352 g/mol. The summed E-state index contributed by atoms with van der Waals surface area (Å²) in [5, 5.41) is 9.29. The molecule has 0 aliphatic carbocycles. The van der Waals surface area contributed by atoms with Crippen LogP contribution in [-0.2, 0) is 14.3 Å². The zero-order chi connectivity index (χ0) is 18.9. The molecule has 7 nitrogen and oxygen atoms in total. The Morgan fingerprint density at radius 3 is 2.62 bits per heavy atom. The number of rotatable bonds is 8. The second kappa shape index (κ2) is 9.67. The fraction of sp³-hybridized carbons (Fsp3) is 0.333. The predicted octanol–water partition coefficient (Wildman–Crippen LogP) is 3.90. The fourth-order valence-corrected chi connectivity index (χ4v) is 2.71. The highest BCUT2D eigenvalue weighted by atomic mass is 32.1. The second-order valence-electron chi connectivity index (χ2n) is 5.44. The van der Waals surface area contributed by atoms with E-state index in [9.17, 15) is 9.59 Å². The maximum Gasteiger partial charge on any atom is 0.354 e. The molecule has 2 aromatic rings. The minimum absolute atomic E-state index is 0.00947. The third-order valence-corrected chi connectivity index (χ3v) is 4.08. The van der Waals surface area contributed by atoms with Gasteiger partial charge < -0.3 is 10.1 Å². The number of carbonyl (C=O) groups is 2. The minimum Gasteiger partial charge on any atom is -0.461 e. The summed E-state index contributed by atoms with van der Waals surface area (Å²) in [4.78, 5) is 27.6. The number of benzene rings is 1. The zero-order valence-electron chi connectivity index (χ0n) is 15.0. The van der Waals surface area contributed by atoms with E-state index in [4.69, 9.17) is 4.74 Å². The third kappa shape index (κ3) is 5.66. The molecule has 0 saturated heterocycles. The number of esters is 1. The van der Waals surface area contributed by atoms with Gasteiger partial charge >= 0.3 is 5.97 Å². The van der Waals surface area contributed by atoms with Crippen LogP contribution in [0.4, 0.5) is 10.8 Å². The van der Waals surface area contributed by atoms with Gasteiger partial charge in [-0.1, -0.05) is 19.1 Å². The Labute approximate surface area is 156 Å². The van der Waals surface area contributed by atoms with Crippen LogP contribution >= 0.6 is 11.3 Å². The van der Waals surface area contributed by atoms with Crippen LogP contribution in [0.3, 0.4) is 0 Å². The molecule has 0 aliphatic heterocycles. The Balaban J connectivity index is 1.99. The Morgan fingerprint density at radius 1 is 1.23 bits per heavy atom. The molecule has 2 N–H and O–H groups in total. The smallest absolute Gasteiger partial charge is 0.354 e. The van der Waals surface area contributed by atoms with Crippen molar-refractivity contribution in [2.24, 2.45) is 5.10 Å². The highest BCUT2D eigenvalue weighted by molar-refractivity contribution is 7.14. The number of ether oxygens (including phenoxy) is 1. The summed E-state index contributed by atoms with van der Waals surface area (Å²) in [6.45, 7) is 5.59. The highest BCUT2D eigenvalue weighted by Crippen LogP contribution is 2.26. The average molecular weight is 374 g/mol. The molecule has 1 aromatic carbocycles. The van der Waals surface area contributed by atoms with E-state index in [1.807, 2.05) is 36.6 Å². The number of anilines is 2. The number of nitrogens with one attached hydrogen (secondary N) is 2. The first kappa shape index (κ1) is 19.6. The normalized spacial score (nSPS) is 11.1. The van der Waals surface area contributed by atoms with Crippen molar-refractivity contribution in [3.8, 4) is 11.3 Å². The summed E-state index contributed by atoms with van der Waals surface area (Å²) >= 11 is 1.38. The van der Waals surface area contributed by atoms with Crippen LogP contribution in [0.25, 0.3) is 11.3 Å². The van der Waals surface area contributed by atoms with Gasteiger partial charge in [0.2, 0.25) is 11.0 Å². The van der Waals surface area contributed by atoms with E-state index >= 15 is 0 Å². The molecule has 0 aliphatic rings. The van der Waals surface area contributed by atoms with Crippen molar-refractivity contribution >= 4 is 39.7 Å². The van der Waals surface area contributed by atoms with Crippen LogP contribution in [0, 0.1) is 0 Å². The molecule has 1 aromatic heterocycles. The number of amides is 1. The molecule has 0 atom stereocenters. The third-order valence-electron chi connectivity index (χ3n) is 3.34. The van der Waals surface area contributed by atoms with Crippen LogP contribution < -0.4 is 10.7 Å². The molecule has 2 rings (SSSR count). The van der Waals surface area contributed by atoms with E-state index in [1.165, 1.54) is 11.3 Å². The zero-order valence-corrected chi connectivity index (χ0v) is 15.9. The van der Waals surface area contributed by atoms with Gasteiger partial charge in [-0.25, -0.2) is 9.78 Å². The number of hydrogen-bond donors (Lipinski definition) is 2. The maximum absolute atomic E-state index is 11.6. The van der Waals surface area contributed by atoms with Crippen molar-refractivity contribution in [1.29, 1.82) is 0 Å². The Hall–Kier alpha value is -2.74. The maximum atomic E-state index is 11.6. The minimum atomic E-state index is -0.461. The monoisotopic (exact) mass is 374 g/mol. The van der Waals surface area contributed by atoms with Crippen molar-refractivity contribution in [1.82, 2.24) is 4.98 Å². The lowest BCUT2D eigenvalue weighted by molar-refractivity contribution is -0.135. The van der Waals surface area contributed by atoms with E-state index in [0.717, 1.165) is 23.4 Å². The first-order chi connectivity index (χ1) is 12.5. The van der Waals surface area contributed by atoms with E-state index < -0.39 is 5.97 Å². The number of nitrogens with zero attached hydrogens (tertiary/aromatic N) is 2. The van der Waals surface area contributed by atoms with Crippen LogP contribution in [0.2, 0.25) is 0 Å². The van der Waals surface area contributed by atoms with Crippen LogP contribution in [0.1, 0.15) is 33.6 Å². The molecule has 138 valence electrons. The topological polar surface area (TPSA) is 92.7 Å². The number of aromatic nitrogens is 1. The van der Waals surface area contributed by atoms with Crippen molar-refractivity contribution in [2.45, 2.75) is 33.6 Å². The lowest BCUT2D eigenvalue weighted by Crippen LogP contribution is -2.15. The van der Waals surface area contributed by atoms with Gasteiger partial charge in [-0.05, 0) is 32.4 Å². The molecule has 1 heterocycles. The lowest BCUT2D eigenvalue weighted by Gasteiger charge is -2.05. The molecule has 26 heavy (non-hydrogen) atoms. The second-order valence-corrected chi connectivity index (χ2v) is 6.30. The van der Waals surface area contributed by atoms with E-state index in [0.29, 0.717) is 18.2 Å². The SMILES string of the molecule is CCCC(=O)Nc1ccc(-c2csc(NN=C(C)C(=O)OCC)n2)cc1. The molecule has 0 radical (unpaired) electrons. The first-order valence-corrected chi connectivity index (χ1v) is 9.24. The standard InChI is InChI=1S/C18H22N4O3S/c1-4-6-16(23)19-14-9-7-13(8-10-14)15-11-26-18(20-15)22-21-12(3)17(24)25-5-2/h7-11H,4-6H2,1-3H3,(H,19,23)(H,20,22). The van der Waals surface area contributed by atoms with E-state index in [-0.39, 0.29) is 11.6 Å². The molecule has 0 spiro atoms. The van der Waals surface area contributed by atoms with Crippen molar-refractivity contribution in [3.63, 3.8) is 0 Å². The van der Waals surface area contributed by atoms with Crippen molar-refractivity contribution in [2.75, 3.05) is 17.3 Å². The van der Waals surface area contributed by atoms with Gasteiger partial charge in [-0.15, -0.1) is 11.3 Å². The number of hydrazone groups is 1. The first-order valence-electron chi connectivity index (χ1n) is 8.36. The van der Waals surface area contributed by atoms with Gasteiger partial charge in [0.1, 0.15) is 5.71 Å². The fourth-order valence-electron chi connectivity index (χ4n) is 2.05. The largest absolute Gasteiger partial charge is 0.461 e. The molecule has 0 saturated carbocycles.